The van der Waals surface area contributed by atoms with Crippen LogP contribution in [-0.2, 0) is 5.60 Å². The maximum Gasteiger partial charge on any atom is 0.422 e. The molecule has 0 aliphatic carbocycles. The van der Waals surface area contributed by atoms with Crippen LogP contribution in [0.5, 0.6) is 5.75 Å². The Morgan fingerprint density at radius 3 is 2.42 bits per heavy atom. The minimum atomic E-state index is -4.83. The predicted octanol–water partition coefficient (Wildman–Crippen LogP) is 4.51. The van der Waals surface area contributed by atoms with Crippen molar-refractivity contribution in [2.45, 2.75) is 44.7 Å². The van der Waals surface area contributed by atoms with E-state index >= 15 is 0 Å². The molecule has 0 aliphatic rings. The molecule has 1 aromatic rings. The number of aliphatic imine (C=N–C) groups is 1. The monoisotopic (exact) mass is 392 g/mol. The Hall–Kier alpha value is -1.41. The van der Waals surface area contributed by atoms with Gasteiger partial charge in [0, 0.05) is 31.0 Å². The molecular formula is C18H27F3N2O2S. The molecule has 0 bridgehead atoms. The fourth-order valence-corrected chi connectivity index (χ4v) is 3.04. The summed E-state index contributed by atoms with van der Waals surface area (Å²) < 4.78 is 46.4. The Labute approximate surface area is 157 Å². The van der Waals surface area contributed by atoms with Crippen LogP contribution in [0.25, 0.3) is 0 Å². The lowest BCUT2D eigenvalue weighted by atomic mass is 9.92. The Balaban J connectivity index is 3.44. The van der Waals surface area contributed by atoms with Crippen LogP contribution in [0.4, 0.5) is 18.9 Å². The fraction of sp³-hybridized carbons (Fsp3) is 0.611. The van der Waals surface area contributed by atoms with Crippen LogP contribution >= 0.6 is 11.8 Å². The molecule has 0 aliphatic heterocycles. The summed E-state index contributed by atoms with van der Waals surface area (Å²) in [6.07, 6.45) is -3.23. The van der Waals surface area contributed by atoms with E-state index in [4.69, 9.17) is 4.74 Å². The first-order chi connectivity index (χ1) is 12.0. The molecule has 1 rings (SSSR count). The summed E-state index contributed by atoms with van der Waals surface area (Å²) in [5.41, 5.74) is -2.27. The molecule has 1 atom stereocenters. The molecule has 0 heterocycles. The van der Waals surface area contributed by atoms with Gasteiger partial charge in [-0.1, -0.05) is 13.8 Å². The number of benzene rings is 1. The topological polar surface area (TPSA) is 45.1 Å². The first kappa shape index (κ1) is 22.6. The first-order valence-electron chi connectivity index (χ1n) is 8.30. The fourth-order valence-electron chi connectivity index (χ4n) is 2.15. The van der Waals surface area contributed by atoms with Gasteiger partial charge in [-0.25, -0.2) is 4.99 Å². The summed E-state index contributed by atoms with van der Waals surface area (Å²) in [4.78, 5) is 6.14. The van der Waals surface area contributed by atoms with E-state index in [1.165, 1.54) is 19.2 Å². The van der Waals surface area contributed by atoms with Gasteiger partial charge in [0.25, 0.3) is 0 Å². The van der Waals surface area contributed by atoms with Crippen LogP contribution in [-0.4, -0.2) is 54.2 Å². The van der Waals surface area contributed by atoms with Gasteiger partial charge in [-0.15, -0.1) is 0 Å². The van der Waals surface area contributed by atoms with E-state index in [0.717, 1.165) is 18.3 Å². The van der Waals surface area contributed by atoms with Crippen molar-refractivity contribution in [2.24, 2.45) is 4.99 Å². The van der Waals surface area contributed by atoms with Crippen molar-refractivity contribution < 1.29 is 23.0 Å². The zero-order chi connectivity index (χ0) is 20.1. The molecule has 1 unspecified atom stereocenters. The number of ether oxygens (including phenoxy) is 1. The van der Waals surface area contributed by atoms with Crippen molar-refractivity contribution >= 4 is 23.8 Å². The number of aryl methyl sites for hydroxylation is 1. The molecule has 0 saturated heterocycles. The van der Waals surface area contributed by atoms with Crippen LogP contribution in [0.3, 0.4) is 0 Å². The van der Waals surface area contributed by atoms with Crippen LogP contribution < -0.4 is 4.74 Å². The molecule has 0 fully saturated rings. The molecule has 0 saturated carbocycles. The number of halogens is 3. The summed E-state index contributed by atoms with van der Waals surface area (Å²) in [6, 6.07) is 2.74. The summed E-state index contributed by atoms with van der Waals surface area (Å²) in [7, 11) is 3.13. The predicted molar refractivity (Wildman–Crippen MR) is 102 cm³/mol. The van der Waals surface area contributed by atoms with Gasteiger partial charge in [-0.2, -0.15) is 24.9 Å². The third-order valence-electron chi connectivity index (χ3n) is 3.95. The van der Waals surface area contributed by atoms with Crippen LogP contribution in [0.1, 0.15) is 31.9 Å². The van der Waals surface area contributed by atoms with E-state index in [2.05, 4.69) is 4.99 Å². The van der Waals surface area contributed by atoms with E-state index in [1.807, 2.05) is 18.9 Å². The van der Waals surface area contributed by atoms with Crippen molar-refractivity contribution in [1.29, 1.82) is 0 Å². The summed E-state index contributed by atoms with van der Waals surface area (Å²) in [5, 5.41) is 10.5. The molecule has 26 heavy (non-hydrogen) atoms. The minimum Gasteiger partial charge on any atom is -0.496 e. The molecule has 4 nitrogen and oxygen atoms in total. The Morgan fingerprint density at radius 2 is 1.96 bits per heavy atom. The van der Waals surface area contributed by atoms with Crippen LogP contribution in [0.2, 0.25) is 0 Å². The lowest BCUT2D eigenvalue weighted by molar-refractivity contribution is -0.256. The number of aliphatic hydroxyl groups is 1. The highest BCUT2D eigenvalue weighted by molar-refractivity contribution is 7.99. The highest BCUT2D eigenvalue weighted by atomic mass is 32.2. The normalized spacial score (nSPS) is 14.7. The number of methoxy groups -OCH3 is 1. The van der Waals surface area contributed by atoms with Crippen LogP contribution in [0, 0.1) is 6.92 Å². The second-order valence-electron chi connectivity index (χ2n) is 6.37. The molecule has 8 heteroatoms. The molecule has 0 aromatic heterocycles. The van der Waals surface area contributed by atoms with Crippen molar-refractivity contribution in [1.82, 2.24) is 4.90 Å². The van der Waals surface area contributed by atoms with Crippen LogP contribution in [0.15, 0.2) is 17.1 Å². The average molecular weight is 392 g/mol. The van der Waals surface area contributed by atoms with Gasteiger partial charge >= 0.3 is 6.18 Å². The maximum absolute atomic E-state index is 13.7. The molecule has 1 N–H and O–H groups in total. The quantitative estimate of drug-likeness (QED) is 0.522. The zero-order valence-electron chi connectivity index (χ0n) is 16.0. The number of hydrogen-bond acceptors (Lipinski definition) is 4. The summed E-state index contributed by atoms with van der Waals surface area (Å²) in [6.45, 7) is 7.93. The van der Waals surface area contributed by atoms with Gasteiger partial charge < -0.3 is 14.7 Å². The maximum atomic E-state index is 13.7. The summed E-state index contributed by atoms with van der Waals surface area (Å²) in [5.74, 6) is -0.545. The van der Waals surface area contributed by atoms with Gasteiger partial charge in [-0.05, 0) is 30.7 Å². The molecule has 0 amide bonds. The molecular weight excluding hydrogens is 365 g/mol. The lowest BCUT2D eigenvalue weighted by Crippen LogP contribution is -2.45. The smallest absolute Gasteiger partial charge is 0.422 e. The van der Waals surface area contributed by atoms with E-state index in [-0.39, 0.29) is 16.6 Å². The second kappa shape index (κ2) is 8.99. The largest absolute Gasteiger partial charge is 0.496 e. The minimum absolute atomic E-state index is 0.0360. The number of hydrogen-bond donors (Lipinski definition) is 1. The highest BCUT2D eigenvalue weighted by Crippen LogP contribution is 2.46. The highest BCUT2D eigenvalue weighted by Gasteiger charge is 2.56. The van der Waals surface area contributed by atoms with E-state index < -0.39 is 17.5 Å². The molecule has 0 spiro atoms. The lowest BCUT2D eigenvalue weighted by Gasteiger charge is -2.32. The van der Waals surface area contributed by atoms with Gasteiger partial charge in [0.2, 0.25) is 0 Å². The van der Waals surface area contributed by atoms with Gasteiger partial charge in [-0.3, -0.25) is 0 Å². The van der Waals surface area contributed by atoms with Crippen molar-refractivity contribution in [3.05, 3.63) is 23.3 Å². The van der Waals surface area contributed by atoms with E-state index in [9.17, 15) is 18.3 Å². The second-order valence-corrected chi connectivity index (χ2v) is 7.94. The van der Waals surface area contributed by atoms with Crippen molar-refractivity contribution in [3.63, 3.8) is 0 Å². The third kappa shape index (κ3) is 5.30. The third-order valence-corrected chi connectivity index (χ3v) is 5.20. The Bertz CT molecular complexity index is 636. The Morgan fingerprint density at radius 1 is 1.35 bits per heavy atom. The van der Waals surface area contributed by atoms with Crippen molar-refractivity contribution in [3.8, 4) is 5.75 Å². The van der Waals surface area contributed by atoms with Gasteiger partial charge in [0.1, 0.15) is 5.75 Å². The average Bonchev–Trinajstić information content (AvgIpc) is 2.56. The molecule has 148 valence electrons. The number of thioether (sulfide) groups is 1. The molecule has 1 aromatic carbocycles. The van der Waals surface area contributed by atoms with Crippen molar-refractivity contribution in [2.75, 3.05) is 26.5 Å². The van der Waals surface area contributed by atoms with E-state index in [0.29, 0.717) is 11.3 Å². The molecule has 0 radical (unpaired) electrons. The van der Waals surface area contributed by atoms with Gasteiger partial charge in [0.05, 0.1) is 19.1 Å². The number of alkyl halides is 3. The number of nitrogens with zero attached hydrogens (tertiary/aromatic N) is 2. The first-order valence-corrected chi connectivity index (χ1v) is 9.35. The van der Waals surface area contributed by atoms with Gasteiger partial charge in [0.15, 0.2) is 5.60 Å². The zero-order valence-corrected chi connectivity index (χ0v) is 16.8. The number of rotatable bonds is 8. The standard InChI is InChI=1S/C18H27F3N2O2S/c1-7-23(5)11-22-15-9-16(25-6)14(8-13(15)4)17(24,18(19,20)21)10-26-12(2)3/h8-9,11-12,24H,7,10H2,1-6H3. The van der Waals surface area contributed by atoms with E-state index in [1.54, 1.807) is 27.1 Å². The Kier molecular flexibility index (Phi) is 7.83. The summed E-state index contributed by atoms with van der Waals surface area (Å²) >= 11 is 1.04. The SMILES string of the molecule is CCN(C)C=Nc1cc(OC)c(C(O)(CSC(C)C)C(F)(F)F)cc1C.